The fourth-order valence-corrected chi connectivity index (χ4v) is 2.85. The van der Waals surface area contributed by atoms with Crippen LogP contribution in [-0.4, -0.2) is 37.4 Å². The van der Waals surface area contributed by atoms with Crippen LogP contribution >= 0.6 is 11.6 Å². The van der Waals surface area contributed by atoms with Gasteiger partial charge in [-0.15, -0.1) is 0 Å². The molecule has 7 heteroatoms. The van der Waals surface area contributed by atoms with Crippen LogP contribution < -0.4 is 0 Å². The maximum Gasteiger partial charge on any atom is 0.335 e. The molecule has 1 aromatic rings. The van der Waals surface area contributed by atoms with E-state index in [4.69, 9.17) is 16.7 Å². The van der Waals surface area contributed by atoms with Gasteiger partial charge in [0.25, 0.3) is 0 Å². The van der Waals surface area contributed by atoms with Gasteiger partial charge in [0, 0.05) is 13.6 Å². The summed E-state index contributed by atoms with van der Waals surface area (Å²) in [5.41, 5.74) is -0.113. The number of aromatic carboxylic acids is 1. The minimum Gasteiger partial charge on any atom is -0.478 e. The van der Waals surface area contributed by atoms with Crippen LogP contribution in [0.4, 0.5) is 0 Å². The lowest BCUT2D eigenvalue weighted by molar-refractivity contribution is 0.0696. The molecule has 0 amide bonds. The van der Waals surface area contributed by atoms with Crippen LogP contribution in [0.25, 0.3) is 0 Å². The average molecular weight is 278 g/mol. The summed E-state index contributed by atoms with van der Waals surface area (Å²) in [6.07, 6.45) is 0. The molecule has 0 aliphatic heterocycles. The lowest BCUT2D eigenvalue weighted by atomic mass is 10.2. The van der Waals surface area contributed by atoms with Crippen molar-refractivity contribution in [2.45, 2.75) is 11.8 Å². The van der Waals surface area contributed by atoms with E-state index in [0.29, 0.717) is 0 Å². The zero-order valence-electron chi connectivity index (χ0n) is 9.34. The van der Waals surface area contributed by atoms with Crippen molar-refractivity contribution in [1.82, 2.24) is 4.31 Å². The summed E-state index contributed by atoms with van der Waals surface area (Å²) in [7, 11) is -2.34. The maximum absolute atomic E-state index is 12.0. The molecule has 17 heavy (non-hydrogen) atoms. The molecule has 1 N–H and O–H groups in total. The summed E-state index contributed by atoms with van der Waals surface area (Å²) in [4.78, 5) is 10.6. The third-order valence-corrected chi connectivity index (χ3v) is 4.73. The Morgan fingerprint density at radius 2 is 2.06 bits per heavy atom. The van der Waals surface area contributed by atoms with Gasteiger partial charge >= 0.3 is 5.97 Å². The van der Waals surface area contributed by atoms with E-state index < -0.39 is 16.0 Å². The van der Waals surface area contributed by atoms with Crippen LogP contribution in [0.1, 0.15) is 17.3 Å². The van der Waals surface area contributed by atoms with Gasteiger partial charge in [-0.05, 0) is 18.2 Å². The van der Waals surface area contributed by atoms with Gasteiger partial charge in [-0.2, -0.15) is 0 Å². The third kappa shape index (κ3) is 2.77. The summed E-state index contributed by atoms with van der Waals surface area (Å²) in [6, 6.07) is 3.59. The van der Waals surface area contributed by atoms with Crippen molar-refractivity contribution >= 4 is 27.6 Å². The number of carboxylic acid groups (broad SMARTS) is 1. The van der Waals surface area contributed by atoms with E-state index in [1.807, 2.05) is 0 Å². The fraction of sp³-hybridized carbons (Fsp3) is 0.300. The highest BCUT2D eigenvalue weighted by Gasteiger charge is 2.23. The van der Waals surface area contributed by atoms with Gasteiger partial charge in [0.1, 0.15) is 4.90 Å². The minimum absolute atomic E-state index is 0.00954. The van der Waals surface area contributed by atoms with Crippen LogP contribution in [0.2, 0.25) is 5.02 Å². The number of hydrogen-bond donors (Lipinski definition) is 1. The maximum atomic E-state index is 12.0. The summed E-state index contributed by atoms with van der Waals surface area (Å²) in [6.45, 7) is 1.95. The summed E-state index contributed by atoms with van der Waals surface area (Å²) in [5.74, 6) is -1.20. The van der Waals surface area contributed by atoms with Crippen molar-refractivity contribution in [3.8, 4) is 0 Å². The predicted octanol–water partition coefficient (Wildman–Crippen LogP) is 1.68. The molecule has 1 aromatic carbocycles. The predicted molar refractivity (Wildman–Crippen MR) is 63.9 cm³/mol. The zero-order valence-corrected chi connectivity index (χ0v) is 10.9. The highest BCUT2D eigenvalue weighted by atomic mass is 35.5. The molecule has 1 rings (SSSR count). The van der Waals surface area contributed by atoms with Gasteiger partial charge in [0.05, 0.1) is 10.6 Å². The number of halogens is 1. The SMILES string of the molecule is CCN(C)S(=O)(=O)c1cc(C(=O)O)ccc1Cl. The highest BCUT2D eigenvalue weighted by molar-refractivity contribution is 7.89. The van der Waals surface area contributed by atoms with Gasteiger partial charge in [-0.1, -0.05) is 18.5 Å². The molecule has 0 aromatic heterocycles. The smallest absolute Gasteiger partial charge is 0.335 e. The quantitative estimate of drug-likeness (QED) is 0.908. The third-order valence-electron chi connectivity index (χ3n) is 2.31. The van der Waals surface area contributed by atoms with Gasteiger partial charge < -0.3 is 5.11 Å². The topological polar surface area (TPSA) is 74.7 Å². The molecular weight excluding hydrogens is 266 g/mol. The molecule has 0 heterocycles. The molecule has 5 nitrogen and oxygen atoms in total. The Labute approximate surface area is 105 Å². The highest BCUT2D eigenvalue weighted by Crippen LogP contribution is 2.25. The Hall–Kier alpha value is -1.11. The summed E-state index contributed by atoms with van der Waals surface area (Å²) < 4.78 is 25.1. The first-order valence-electron chi connectivity index (χ1n) is 4.80. The molecule has 94 valence electrons. The first kappa shape index (κ1) is 14.0. The van der Waals surface area contributed by atoms with Crippen molar-refractivity contribution in [2.24, 2.45) is 0 Å². The lowest BCUT2D eigenvalue weighted by Crippen LogP contribution is -2.27. The molecule has 0 saturated heterocycles. The van der Waals surface area contributed by atoms with Crippen LogP contribution in [0, 0.1) is 0 Å². The van der Waals surface area contributed by atoms with E-state index in [2.05, 4.69) is 0 Å². The molecule has 0 spiro atoms. The van der Waals surface area contributed by atoms with E-state index in [1.165, 1.54) is 19.2 Å². The van der Waals surface area contributed by atoms with Gasteiger partial charge in [0.15, 0.2) is 0 Å². The summed E-state index contributed by atoms with van der Waals surface area (Å²) in [5, 5.41) is 8.82. The lowest BCUT2D eigenvalue weighted by Gasteiger charge is -2.16. The molecule has 0 bridgehead atoms. The second-order valence-corrected chi connectivity index (χ2v) is 5.79. The molecular formula is C10H12ClNO4S. The van der Waals surface area contributed by atoms with Crippen molar-refractivity contribution < 1.29 is 18.3 Å². The van der Waals surface area contributed by atoms with Crippen molar-refractivity contribution in [3.05, 3.63) is 28.8 Å². The fourth-order valence-electron chi connectivity index (χ4n) is 1.17. The average Bonchev–Trinajstić information content (AvgIpc) is 2.27. The van der Waals surface area contributed by atoms with Crippen molar-refractivity contribution in [3.63, 3.8) is 0 Å². The van der Waals surface area contributed by atoms with E-state index in [0.717, 1.165) is 10.4 Å². The van der Waals surface area contributed by atoms with E-state index in [9.17, 15) is 13.2 Å². The molecule has 0 fully saturated rings. The van der Waals surface area contributed by atoms with E-state index in [-0.39, 0.29) is 22.0 Å². The molecule has 0 saturated carbocycles. The number of nitrogens with zero attached hydrogens (tertiary/aromatic N) is 1. The Balaban J connectivity index is 3.40. The Morgan fingerprint density at radius 1 is 1.47 bits per heavy atom. The molecule has 0 radical (unpaired) electrons. The second-order valence-electron chi connectivity index (χ2n) is 3.37. The number of carbonyl (C=O) groups is 1. The van der Waals surface area contributed by atoms with E-state index in [1.54, 1.807) is 6.92 Å². The minimum atomic E-state index is -3.74. The first-order valence-corrected chi connectivity index (χ1v) is 6.61. The van der Waals surface area contributed by atoms with Gasteiger partial charge in [0.2, 0.25) is 10.0 Å². The van der Waals surface area contributed by atoms with Crippen LogP contribution in [0.3, 0.4) is 0 Å². The Bertz CT molecular complexity index is 541. The molecule has 0 aliphatic carbocycles. The van der Waals surface area contributed by atoms with Gasteiger partial charge in [-0.3, -0.25) is 0 Å². The monoisotopic (exact) mass is 277 g/mol. The molecule has 0 atom stereocenters. The van der Waals surface area contributed by atoms with Crippen LogP contribution in [0.5, 0.6) is 0 Å². The molecule has 0 unspecified atom stereocenters. The Kier molecular flexibility index (Phi) is 4.13. The van der Waals surface area contributed by atoms with Crippen molar-refractivity contribution in [2.75, 3.05) is 13.6 Å². The Morgan fingerprint density at radius 3 is 2.53 bits per heavy atom. The summed E-state index contributed by atoms with van der Waals surface area (Å²) >= 11 is 5.79. The molecule has 0 aliphatic rings. The first-order chi connectivity index (χ1) is 7.80. The van der Waals surface area contributed by atoms with Crippen molar-refractivity contribution in [1.29, 1.82) is 0 Å². The number of rotatable bonds is 4. The normalized spacial score (nSPS) is 11.8. The number of hydrogen-bond acceptors (Lipinski definition) is 3. The number of sulfonamides is 1. The van der Waals surface area contributed by atoms with Crippen LogP contribution in [-0.2, 0) is 10.0 Å². The number of benzene rings is 1. The number of carboxylic acids is 1. The van der Waals surface area contributed by atoms with Crippen LogP contribution in [0.15, 0.2) is 23.1 Å². The largest absolute Gasteiger partial charge is 0.478 e. The van der Waals surface area contributed by atoms with E-state index >= 15 is 0 Å². The second kappa shape index (κ2) is 5.03. The van der Waals surface area contributed by atoms with Gasteiger partial charge in [-0.25, -0.2) is 17.5 Å². The standard InChI is InChI=1S/C10H12ClNO4S/c1-3-12(2)17(15,16)9-6-7(10(13)14)4-5-8(9)11/h4-6H,3H2,1-2H3,(H,13,14). The zero-order chi connectivity index (χ0) is 13.2.